The molecule has 0 spiro atoms. The topological polar surface area (TPSA) is 17.1 Å². The average molecular weight is 244 g/mol. The van der Waals surface area contributed by atoms with Gasteiger partial charge in [0.2, 0.25) is 0 Å². The van der Waals surface area contributed by atoms with Gasteiger partial charge in [0.25, 0.3) is 0 Å². The average Bonchev–Trinajstić information content (AvgIpc) is 2.46. The maximum absolute atomic E-state index is 11.1. The second-order valence-electron chi connectivity index (χ2n) is 5.52. The molecular formula is C17H24O. The summed E-state index contributed by atoms with van der Waals surface area (Å²) < 4.78 is 0. The second kappa shape index (κ2) is 6.17. The minimum absolute atomic E-state index is 0.679. The highest BCUT2D eigenvalue weighted by Crippen LogP contribution is 2.39. The third kappa shape index (κ3) is 2.66. The van der Waals surface area contributed by atoms with Gasteiger partial charge in [0.15, 0.2) is 0 Å². The van der Waals surface area contributed by atoms with Crippen LogP contribution in [0.15, 0.2) is 18.2 Å². The largest absolute Gasteiger partial charge is 0.298 e. The zero-order valence-electron chi connectivity index (χ0n) is 11.6. The van der Waals surface area contributed by atoms with Gasteiger partial charge in [0.05, 0.1) is 0 Å². The van der Waals surface area contributed by atoms with Crippen LogP contribution in [0.25, 0.3) is 0 Å². The Morgan fingerprint density at radius 2 is 2.11 bits per heavy atom. The smallest absolute Gasteiger partial charge is 0.150 e. The van der Waals surface area contributed by atoms with Crippen LogP contribution in [0.4, 0.5) is 0 Å². The number of benzene rings is 1. The molecule has 1 aliphatic rings. The molecule has 0 amide bonds. The Morgan fingerprint density at radius 3 is 2.78 bits per heavy atom. The van der Waals surface area contributed by atoms with E-state index in [0.717, 1.165) is 24.2 Å². The van der Waals surface area contributed by atoms with E-state index in [1.54, 1.807) is 0 Å². The summed E-state index contributed by atoms with van der Waals surface area (Å²) in [6, 6.07) is 6.25. The summed E-state index contributed by atoms with van der Waals surface area (Å²) in [6.07, 6.45) is 8.63. The van der Waals surface area contributed by atoms with E-state index in [0.29, 0.717) is 5.92 Å². The molecule has 0 N–H and O–H groups in total. The normalized spacial score (nSPS) is 23.9. The molecule has 1 heteroatoms. The second-order valence-corrected chi connectivity index (χ2v) is 5.52. The predicted molar refractivity (Wildman–Crippen MR) is 76.2 cm³/mol. The van der Waals surface area contributed by atoms with Crippen molar-refractivity contribution in [1.82, 2.24) is 0 Å². The highest BCUT2D eigenvalue weighted by molar-refractivity contribution is 5.78. The van der Waals surface area contributed by atoms with Crippen molar-refractivity contribution in [2.45, 2.75) is 58.3 Å². The van der Waals surface area contributed by atoms with Gasteiger partial charge in [-0.05, 0) is 42.2 Å². The fourth-order valence-electron chi connectivity index (χ4n) is 3.47. The minimum Gasteiger partial charge on any atom is -0.298 e. The first kappa shape index (κ1) is 13.3. The highest BCUT2D eigenvalue weighted by atomic mass is 16.1. The Kier molecular flexibility index (Phi) is 4.57. The van der Waals surface area contributed by atoms with Gasteiger partial charge in [-0.15, -0.1) is 0 Å². The molecule has 1 saturated carbocycles. The summed E-state index contributed by atoms with van der Waals surface area (Å²) >= 11 is 0. The minimum atomic E-state index is 0.679. The first-order chi connectivity index (χ1) is 8.80. The molecule has 0 radical (unpaired) electrons. The lowest BCUT2D eigenvalue weighted by atomic mass is 9.75. The first-order valence-corrected chi connectivity index (χ1v) is 7.37. The monoisotopic (exact) mass is 244 g/mol. The van der Waals surface area contributed by atoms with Crippen LogP contribution in [-0.2, 0) is 6.42 Å². The zero-order valence-corrected chi connectivity index (χ0v) is 11.6. The van der Waals surface area contributed by atoms with Crippen LogP contribution in [0, 0.1) is 5.92 Å². The lowest BCUT2D eigenvalue weighted by Crippen LogP contribution is -2.15. The maximum Gasteiger partial charge on any atom is 0.150 e. The molecular weight excluding hydrogens is 220 g/mol. The number of hydrogen-bond acceptors (Lipinski definition) is 1. The Bertz CT molecular complexity index is 408. The molecule has 0 aromatic heterocycles. The molecule has 0 bridgehead atoms. The van der Waals surface area contributed by atoms with Gasteiger partial charge in [0, 0.05) is 5.56 Å². The summed E-state index contributed by atoms with van der Waals surface area (Å²) in [6.45, 7) is 4.46. The van der Waals surface area contributed by atoms with Crippen molar-refractivity contribution < 1.29 is 4.79 Å². The summed E-state index contributed by atoms with van der Waals surface area (Å²) in [7, 11) is 0. The molecule has 0 heterocycles. The Hall–Kier alpha value is -1.11. The Morgan fingerprint density at radius 1 is 1.28 bits per heavy atom. The molecule has 1 aromatic carbocycles. The van der Waals surface area contributed by atoms with Crippen LogP contribution >= 0.6 is 0 Å². The van der Waals surface area contributed by atoms with E-state index in [1.165, 1.54) is 43.2 Å². The van der Waals surface area contributed by atoms with Crippen LogP contribution in [0.3, 0.4) is 0 Å². The van der Waals surface area contributed by atoms with Gasteiger partial charge in [-0.3, -0.25) is 4.79 Å². The number of carbonyl (C=O) groups is 1. The van der Waals surface area contributed by atoms with Crippen LogP contribution in [0.2, 0.25) is 0 Å². The number of hydrogen-bond donors (Lipinski definition) is 0. The molecule has 2 rings (SSSR count). The summed E-state index contributed by atoms with van der Waals surface area (Å²) in [5.41, 5.74) is 3.63. The van der Waals surface area contributed by atoms with Crippen LogP contribution in [0.5, 0.6) is 0 Å². The van der Waals surface area contributed by atoms with Crippen molar-refractivity contribution in [2.24, 2.45) is 5.92 Å². The predicted octanol–water partition coefficient (Wildman–Crippen LogP) is 4.75. The van der Waals surface area contributed by atoms with E-state index in [9.17, 15) is 4.79 Å². The molecule has 2 atom stereocenters. The van der Waals surface area contributed by atoms with Gasteiger partial charge in [-0.2, -0.15) is 0 Å². The number of rotatable bonds is 4. The van der Waals surface area contributed by atoms with Crippen molar-refractivity contribution in [3.8, 4) is 0 Å². The zero-order chi connectivity index (χ0) is 13.0. The maximum atomic E-state index is 11.1. The molecule has 1 aliphatic carbocycles. The standard InChI is InChI=1S/C17H24O/c1-3-13-7-5-8-14(11-13)17-10-6-9-15(12-18)16(17)4-2/h6,9-10,12-14H,3-5,7-8,11H2,1-2H3. The number of carbonyl (C=O) groups excluding carboxylic acids is 1. The summed E-state index contributed by atoms with van der Waals surface area (Å²) in [5, 5.41) is 0. The third-order valence-electron chi connectivity index (χ3n) is 4.53. The highest BCUT2D eigenvalue weighted by Gasteiger charge is 2.24. The van der Waals surface area contributed by atoms with Crippen molar-refractivity contribution >= 4 is 6.29 Å². The fraction of sp³-hybridized carbons (Fsp3) is 0.588. The Balaban J connectivity index is 2.29. The van der Waals surface area contributed by atoms with Gasteiger partial charge in [0.1, 0.15) is 6.29 Å². The van der Waals surface area contributed by atoms with E-state index < -0.39 is 0 Å². The van der Waals surface area contributed by atoms with Crippen molar-refractivity contribution in [3.63, 3.8) is 0 Å². The van der Waals surface area contributed by atoms with Crippen LogP contribution in [0.1, 0.15) is 73.4 Å². The molecule has 0 saturated heterocycles. The molecule has 2 unspecified atom stereocenters. The fourth-order valence-corrected chi connectivity index (χ4v) is 3.47. The summed E-state index contributed by atoms with van der Waals surface area (Å²) in [4.78, 5) is 11.1. The number of aldehydes is 1. The van der Waals surface area contributed by atoms with E-state index in [1.807, 2.05) is 12.1 Å². The van der Waals surface area contributed by atoms with Gasteiger partial charge in [-0.25, -0.2) is 0 Å². The summed E-state index contributed by atoms with van der Waals surface area (Å²) in [5.74, 6) is 1.56. The van der Waals surface area contributed by atoms with Crippen LogP contribution in [-0.4, -0.2) is 6.29 Å². The van der Waals surface area contributed by atoms with Gasteiger partial charge < -0.3 is 0 Å². The molecule has 1 fully saturated rings. The van der Waals surface area contributed by atoms with Gasteiger partial charge >= 0.3 is 0 Å². The molecule has 1 nitrogen and oxygen atoms in total. The lowest BCUT2D eigenvalue weighted by molar-refractivity contribution is 0.112. The van der Waals surface area contributed by atoms with Gasteiger partial charge in [-0.1, -0.05) is 51.3 Å². The molecule has 1 aromatic rings. The first-order valence-electron chi connectivity index (χ1n) is 7.37. The van der Waals surface area contributed by atoms with Crippen molar-refractivity contribution in [1.29, 1.82) is 0 Å². The van der Waals surface area contributed by atoms with Crippen molar-refractivity contribution in [3.05, 3.63) is 34.9 Å². The van der Waals surface area contributed by atoms with Crippen LogP contribution < -0.4 is 0 Å². The van der Waals surface area contributed by atoms with E-state index >= 15 is 0 Å². The lowest BCUT2D eigenvalue weighted by Gasteiger charge is -2.30. The third-order valence-corrected chi connectivity index (χ3v) is 4.53. The SMILES string of the molecule is CCc1c(C=O)cccc1C1CCCC(CC)C1. The molecule has 18 heavy (non-hydrogen) atoms. The van der Waals surface area contributed by atoms with E-state index in [4.69, 9.17) is 0 Å². The van der Waals surface area contributed by atoms with Crippen molar-refractivity contribution in [2.75, 3.05) is 0 Å². The van der Waals surface area contributed by atoms with E-state index in [2.05, 4.69) is 19.9 Å². The van der Waals surface area contributed by atoms with E-state index in [-0.39, 0.29) is 0 Å². The molecule has 98 valence electrons. The quantitative estimate of drug-likeness (QED) is 0.699. The molecule has 0 aliphatic heterocycles. The Labute approximate surface area is 111 Å².